The van der Waals surface area contributed by atoms with Crippen molar-refractivity contribution in [2.75, 3.05) is 18.8 Å². The first kappa shape index (κ1) is 9.28. The molecule has 0 atom stereocenters. The van der Waals surface area contributed by atoms with E-state index in [0.29, 0.717) is 16.9 Å². The molecular weight excluding hydrogens is 174 g/mol. The minimum absolute atomic E-state index is 0.501. The van der Waals surface area contributed by atoms with Crippen LogP contribution in [0.4, 0.5) is 5.82 Å². The number of nitrogen functional groups attached to an aromatic ring is 1. The molecule has 0 bridgehead atoms. The second-order valence-corrected chi connectivity index (χ2v) is 3.16. The average Bonchev–Trinajstić information content (AvgIpc) is 1.99. The monoisotopic (exact) mass is 185 g/mol. The second-order valence-electron chi connectivity index (χ2n) is 2.27. The fourth-order valence-corrected chi connectivity index (χ4v) is 1.34. The van der Waals surface area contributed by atoms with Gasteiger partial charge in [-0.1, -0.05) is 11.8 Å². The third-order valence-corrected chi connectivity index (χ3v) is 1.95. The molecule has 0 aliphatic heterocycles. The number of aromatic nitrogens is 2. The van der Waals surface area contributed by atoms with Crippen LogP contribution in [-0.2, 0) is 4.74 Å². The Kier molecular flexibility index (Phi) is 3.31. The molecule has 0 radical (unpaired) electrons. The lowest BCUT2D eigenvalue weighted by atomic mass is 10.4. The zero-order valence-corrected chi connectivity index (χ0v) is 7.89. The maximum atomic E-state index is 5.53. The van der Waals surface area contributed by atoms with Crippen molar-refractivity contribution >= 4 is 17.6 Å². The first-order valence-electron chi connectivity index (χ1n) is 3.45. The number of hydrogen-bond donors (Lipinski definition) is 1. The van der Waals surface area contributed by atoms with Gasteiger partial charge in [0.15, 0.2) is 5.16 Å². The first-order valence-corrected chi connectivity index (χ1v) is 4.44. The van der Waals surface area contributed by atoms with Gasteiger partial charge in [-0.25, -0.2) is 9.97 Å². The number of rotatable bonds is 3. The molecule has 5 heteroatoms. The zero-order valence-electron chi connectivity index (χ0n) is 7.07. The molecular formula is C7H11N3OS. The molecule has 1 aromatic rings. The number of nitrogens with zero attached hydrogens (tertiary/aromatic N) is 2. The molecule has 0 amide bonds. The van der Waals surface area contributed by atoms with Crippen LogP contribution in [0.5, 0.6) is 0 Å². The molecule has 4 nitrogen and oxygen atoms in total. The minimum atomic E-state index is 0.501. The van der Waals surface area contributed by atoms with Crippen LogP contribution in [0.2, 0.25) is 0 Å². The summed E-state index contributed by atoms with van der Waals surface area (Å²) < 4.78 is 4.87. The van der Waals surface area contributed by atoms with Crippen molar-refractivity contribution in [2.24, 2.45) is 0 Å². The normalized spacial score (nSPS) is 10.2. The molecule has 0 saturated heterocycles. The fraction of sp³-hybridized carbons (Fsp3) is 0.429. The zero-order chi connectivity index (χ0) is 8.97. The van der Waals surface area contributed by atoms with E-state index in [4.69, 9.17) is 10.5 Å². The van der Waals surface area contributed by atoms with Crippen LogP contribution in [0.25, 0.3) is 0 Å². The third kappa shape index (κ3) is 2.67. The number of thioether (sulfide) groups is 1. The molecule has 2 N–H and O–H groups in total. The van der Waals surface area contributed by atoms with Crippen molar-refractivity contribution in [1.29, 1.82) is 0 Å². The van der Waals surface area contributed by atoms with Gasteiger partial charge in [0.05, 0.1) is 5.94 Å². The fourth-order valence-electron chi connectivity index (χ4n) is 0.741. The van der Waals surface area contributed by atoms with Crippen molar-refractivity contribution in [3.8, 4) is 0 Å². The Morgan fingerprint density at radius 2 is 2.33 bits per heavy atom. The Morgan fingerprint density at radius 3 is 2.92 bits per heavy atom. The highest BCUT2D eigenvalue weighted by atomic mass is 32.2. The van der Waals surface area contributed by atoms with Crippen molar-refractivity contribution < 1.29 is 4.74 Å². The quantitative estimate of drug-likeness (QED) is 0.433. The molecule has 0 unspecified atom stereocenters. The Hall–Kier alpha value is -0.810. The Bertz CT molecular complexity index is 247. The lowest BCUT2D eigenvalue weighted by Gasteiger charge is -2.00. The Balaban J connectivity index is 2.72. The van der Waals surface area contributed by atoms with Gasteiger partial charge in [-0.2, -0.15) is 0 Å². The summed E-state index contributed by atoms with van der Waals surface area (Å²) in [4.78, 5) is 8.18. The van der Waals surface area contributed by atoms with E-state index in [-0.39, 0.29) is 0 Å². The van der Waals surface area contributed by atoms with E-state index >= 15 is 0 Å². The van der Waals surface area contributed by atoms with E-state index in [0.717, 1.165) is 5.69 Å². The first-order chi connectivity index (χ1) is 5.72. The van der Waals surface area contributed by atoms with Crippen LogP contribution in [0, 0.1) is 6.92 Å². The van der Waals surface area contributed by atoms with Crippen molar-refractivity contribution in [3.63, 3.8) is 0 Å². The number of methoxy groups -OCH3 is 1. The molecule has 1 heterocycles. The largest absolute Gasteiger partial charge is 0.384 e. The van der Waals surface area contributed by atoms with Crippen LogP contribution in [-0.4, -0.2) is 23.0 Å². The Labute approximate surface area is 75.5 Å². The minimum Gasteiger partial charge on any atom is -0.384 e. The summed E-state index contributed by atoms with van der Waals surface area (Å²) in [5, 5.41) is 0.661. The van der Waals surface area contributed by atoms with Crippen LogP contribution < -0.4 is 5.73 Å². The van der Waals surface area contributed by atoms with Gasteiger partial charge in [-0.05, 0) is 6.92 Å². The standard InChI is InChI=1S/C7H11N3OS/c1-5-3-6(8)10-7(9-5)12-4-11-2/h3H,4H2,1-2H3,(H2,8,9,10). The summed E-state index contributed by atoms with van der Waals surface area (Å²) in [6, 6.07) is 1.73. The predicted octanol–water partition coefficient (Wildman–Crippen LogP) is 1.06. The summed E-state index contributed by atoms with van der Waals surface area (Å²) in [6.07, 6.45) is 0. The van der Waals surface area contributed by atoms with Gasteiger partial charge in [0.25, 0.3) is 0 Å². The highest BCUT2D eigenvalue weighted by Crippen LogP contribution is 2.14. The second kappa shape index (κ2) is 4.27. The molecule has 0 aromatic carbocycles. The SMILES string of the molecule is COCSc1nc(C)cc(N)n1. The maximum Gasteiger partial charge on any atom is 0.191 e. The van der Waals surface area contributed by atoms with Crippen LogP contribution in [0.15, 0.2) is 11.2 Å². The number of ether oxygens (including phenoxy) is 1. The van der Waals surface area contributed by atoms with Gasteiger partial charge < -0.3 is 10.5 Å². The summed E-state index contributed by atoms with van der Waals surface area (Å²) in [7, 11) is 1.63. The van der Waals surface area contributed by atoms with Crippen LogP contribution in [0.1, 0.15) is 5.69 Å². The number of nitrogens with two attached hydrogens (primary N) is 1. The molecule has 0 aliphatic carbocycles. The lowest BCUT2D eigenvalue weighted by Crippen LogP contribution is -1.97. The summed E-state index contributed by atoms with van der Waals surface area (Å²) in [5.41, 5.74) is 6.40. The van der Waals surface area contributed by atoms with Gasteiger partial charge in [0, 0.05) is 18.9 Å². The van der Waals surface area contributed by atoms with Crippen LogP contribution >= 0.6 is 11.8 Å². The molecule has 12 heavy (non-hydrogen) atoms. The maximum absolute atomic E-state index is 5.53. The van der Waals surface area contributed by atoms with E-state index in [1.165, 1.54) is 11.8 Å². The average molecular weight is 185 g/mol. The molecule has 0 spiro atoms. The van der Waals surface area contributed by atoms with Gasteiger partial charge in [0.2, 0.25) is 0 Å². The van der Waals surface area contributed by atoms with E-state index in [1.807, 2.05) is 6.92 Å². The topological polar surface area (TPSA) is 61.0 Å². The summed E-state index contributed by atoms with van der Waals surface area (Å²) in [6.45, 7) is 1.88. The van der Waals surface area contributed by atoms with Gasteiger partial charge in [0.1, 0.15) is 5.82 Å². The summed E-state index contributed by atoms with van der Waals surface area (Å²) >= 11 is 1.42. The van der Waals surface area contributed by atoms with Crippen LogP contribution in [0.3, 0.4) is 0 Å². The van der Waals surface area contributed by atoms with E-state index < -0.39 is 0 Å². The van der Waals surface area contributed by atoms with Crippen molar-refractivity contribution in [2.45, 2.75) is 12.1 Å². The number of aryl methyl sites for hydroxylation is 1. The van der Waals surface area contributed by atoms with Gasteiger partial charge in [-0.3, -0.25) is 0 Å². The van der Waals surface area contributed by atoms with E-state index in [9.17, 15) is 0 Å². The molecule has 0 saturated carbocycles. The molecule has 0 fully saturated rings. The Morgan fingerprint density at radius 1 is 1.58 bits per heavy atom. The highest BCUT2D eigenvalue weighted by molar-refractivity contribution is 7.99. The molecule has 0 aliphatic rings. The van der Waals surface area contributed by atoms with E-state index in [1.54, 1.807) is 13.2 Å². The third-order valence-electron chi connectivity index (χ3n) is 1.16. The summed E-state index contributed by atoms with van der Waals surface area (Å²) in [5.74, 6) is 1.05. The van der Waals surface area contributed by atoms with Gasteiger partial charge >= 0.3 is 0 Å². The predicted molar refractivity (Wildman–Crippen MR) is 48.9 cm³/mol. The molecule has 1 rings (SSSR count). The van der Waals surface area contributed by atoms with Gasteiger partial charge in [-0.15, -0.1) is 0 Å². The smallest absolute Gasteiger partial charge is 0.191 e. The van der Waals surface area contributed by atoms with Crippen molar-refractivity contribution in [1.82, 2.24) is 9.97 Å². The lowest BCUT2D eigenvalue weighted by molar-refractivity contribution is 0.258. The highest BCUT2D eigenvalue weighted by Gasteiger charge is 1.99. The number of hydrogen-bond acceptors (Lipinski definition) is 5. The number of anilines is 1. The van der Waals surface area contributed by atoms with Crippen molar-refractivity contribution in [3.05, 3.63) is 11.8 Å². The van der Waals surface area contributed by atoms with E-state index in [2.05, 4.69) is 9.97 Å². The molecule has 1 aromatic heterocycles. The molecule has 66 valence electrons.